The van der Waals surface area contributed by atoms with Gasteiger partial charge in [0.15, 0.2) is 0 Å². The molecular weight excluding hydrogens is 252 g/mol. The summed E-state index contributed by atoms with van der Waals surface area (Å²) >= 11 is 0. The second kappa shape index (κ2) is 5.65. The van der Waals surface area contributed by atoms with Crippen molar-refractivity contribution in [2.75, 3.05) is 13.7 Å². The molecule has 2 aromatic carbocycles. The molecule has 0 radical (unpaired) electrons. The summed E-state index contributed by atoms with van der Waals surface area (Å²) in [6.45, 7) is 0.633. The van der Waals surface area contributed by atoms with Gasteiger partial charge in [0.1, 0.15) is 18.0 Å². The van der Waals surface area contributed by atoms with E-state index in [2.05, 4.69) is 6.07 Å². The fourth-order valence-electron chi connectivity index (χ4n) is 2.76. The highest BCUT2D eigenvalue weighted by Crippen LogP contribution is 2.39. The molecule has 104 valence electrons. The molecule has 1 aliphatic heterocycles. The first-order chi connectivity index (χ1) is 9.81. The summed E-state index contributed by atoms with van der Waals surface area (Å²) in [5, 5.41) is 10.7. The smallest absolute Gasteiger partial charge is 0.124 e. The first-order valence-electron chi connectivity index (χ1n) is 6.81. The van der Waals surface area contributed by atoms with E-state index in [1.165, 1.54) is 5.56 Å². The predicted octanol–water partition coefficient (Wildman–Crippen LogP) is 3.04. The summed E-state index contributed by atoms with van der Waals surface area (Å²) in [5.74, 6) is 0.687. The Balaban J connectivity index is 1.97. The number of hydrogen-bond donors (Lipinski definition) is 1. The van der Waals surface area contributed by atoms with E-state index in [0.717, 1.165) is 17.5 Å². The van der Waals surface area contributed by atoms with E-state index in [-0.39, 0.29) is 6.10 Å². The molecule has 3 nitrogen and oxygen atoms in total. The van der Waals surface area contributed by atoms with Gasteiger partial charge < -0.3 is 14.6 Å². The molecule has 20 heavy (non-hydrogen) atoms. The SMILES string of the molecule is COc1ccccc1C(O)C1OCCc2ccccc21. The van der Waals surface area contributed by atoms with Crippen LogP contribution in [0.15, 0.2) is 48.5 Å². The van der Waals surface area contributed by atoms with Gasteiger partial charge in [-0.25, -0.2) is 0 Å². The topological polar surface area (TPSA) is 38.7 Å². The van der Waals surface area contributed by atoms with Crippen molar-refractivity contribution in [3.63, 3.8) is 0 Å². The van der Waals surface area contributed by atoms with E-state index in [0.29, 0.717) is 12.4 Å². The molecule has 0 amide bonds. The number of rotatable bonds is 3. The molecule has 0 spiro atoms. The van der Waals surface area contributed by atoms with Crippen LogP contribution in [-0.4, -0.2) is 18.8 Å². The van der Waals surface area contributed by atoms with Gasteiger partial charge in [0.2, 0.25) is 0 Å². The number of ether oxygens (including phenoxy) is 2. The van der Waals surface area contributed by atoms with Crippen LogP contribution in [0.4, 0.5) is 0 Å². The zero-order chi connectivity index (χ0) is 13.9. The van der Waals surface area contributed by atoms with Crippen molar-refractivity contribution < 1.29 is 14.6 Å². The summed E-state index contributed by atoms with van der Waals surface area (Å²) in [4.78, 5) is 0. The van der Waals surface area contributed by atoms with Gasteiger partial charge >= 0.3 is 0 Å². The third-order valence-corrected chi connectivity index (χ3v) is 3.77. The van der Waals surface area contributed by atoms with Crippen LogP contribution in [0.1, 0.15) is 28.9 Å². The number of benzene rings is 2. The standard InChI is InChI=1S/C17H18O3/c1-19-15-9-5-4-8-14(15)16(18)17-13-7-3-2-6-12(13)10-11-20-17/h2-9,16-18H,10-11H2,1H3. The molecular formula is C17H18O3. The van der Waals surface area contributed by atoms with Crippen molar-refractivity contribution in [3.8, 4) is 5.75 Å². The number of methoxy groups -OCH3 is 1. The number of para-hydroxylation sites is 1. The number of hydrogen-bond acceptors (Lipinski definition) is 3. The first-order valence-corrected chi connectivity index (χ1v) is 6.81. The van der Waals surface area contributed by atoms with Crippen molar-refractivity contribution in [2.24, 2.45) is 0 Å². The van der Waals surface area contributed by atoms with Crippen LogP contribution < -0.4 is 4.74 Å². The van der Waals surface area contributed by atoms with E-state index >= 15 is 0 Å². The van der Waals surface area contributed by atoms with Crippen LogP contribution in [0.25, 0.3) is 0 Å². The van der Waals surface area contributed by atoms with Gasteiger partial charge in [0.05, 0.1) is 13.7 Å². The molecule has 0 aliphatic carbocycles. The average molecular weight is 270 g/mol. The van der Waals surface area contributed by atoms with Crippen molar-refractivity contribution in [1.29, 1.82) is 0 Å². The fraction of sp³-hybridized carbons (Fsp3) is 0.294. The van der Waals surface area contributed by atoms with Gasteiger partial charge in [-0.3, -0.25) is 0 Å². The Morgan fingerprint density at radius 3 is 2.75 bits per heavy atom. The molecule has 2 atom stereocenters. The molecule has 1 heterocycles. The van der Waals surface area contributed by atoms with Crippen molar-refractivity contribution in [1.82, 2.24) is 0 Å². The largest absolute Gasteiger partial charge is 0.496 e. The Bertz CT molecular complexity index is 594. The van der Waals surface area contributed by atoms with Crippen LogP contribution >= 0.6 is 0 Å². The highest BCUT2D eigenvalue weighted by Gasteiger charge is 2.29. The van der Waals surface area contributed by atoms with Gasteiger partial charge in [-0.1, -0.05) is 42.5 Å². The lowest BCUT2D eigenvalue weighted by Gasteiger charge is -2.30. The third-order valence-electron chi connectivity index (χ3n) is 3.77. The third kappa shape index (κ3) is 2.30. The van der Waals surface area contributed by atoms with Crippen LogP contribution in [-0.2, 0) is 11.2 Å². The number of fused-ring (bicyclic) bond motifs is 1. The lowest BCUT2D eigenvalue weighted by atomic mass is 9.91. The second-order valence-electron chi connectivity index (χ2n) is 4.93. The van der Waals surface area contributed by atoms with Gasteiger partial charge in [-0.2, -0.15) is 0 Å². The number of aliphatic hydroxyl groups excluding tert-OH is 1. The van der Waals surface area contributed by atoms with Gasteiger partial charge in [-0.05, 0) is 23.6 Å². The Morgan fingerprint density at radius 2 is 1.90 bits per heavy atom. The lowest BCUT2D eigenvalue weighted by Crippen LogP contribution is -2.22. The summed E-state index contributed by atoms with van der Waals surface area (Å²) in [7, 11) is 1.61. The van der Waals surface area contributed by atoms with Crippen LogP contribution in [0.5, 0.6) is 5.75 Å². The summed E-state index contributed by atoms with van der Waals surface area (Å²) in [5.41, 5.74) is 3.08. The minimum absolute atomic E-state index is 0.337. The normalized spacial score (nSPS) is 19.2. The minimum Gasteiger partial charge on any atom is -0.496 e. The second-order valence-corrected chi connectivity index (χ2v) is 4.93. The Kier molecular flexibility index (Phi) is 3.72. The van der Waals surface area contributed by atoms with E-state index in [9.17, 15) is 5.11 Å². The molecule has 3 heteroatoms. The molecule has 1 aliphatic rings. The molecule has 3 rings (SSSR count). The molecule has 0 aromatic heterocycles. The van der Waals surface area contributed by atoms with Crippen molar-refractivity contribution in [2.45, 2.75) is 18.6 Å². The molecule has 2 unspecified atom stereocenters. The Hall–Kier alpha value is -1.84. The molecule has 2 aromatic rings. The minimum atomic E-state index is -0.729. The van der Waals surface area contributed by atoms with E-state index in [1.807, 2.05) is 42.5 Å². The van der Waals surface area contributed by atoms with Crippen LogP contribution in [0.2, 0.25) is 0 Å². The Labute approximate surface area is 118 Å². The van der Waals surface area contributed by atoms with E-state index < -0.39 is 6.10 Å². The van der Waals surface area contributed by atoms with Gasteiger partial charge in [0.25, 0.3) is 0 Å². The average Bonchev–Trinajstić information content (AvgIpc) is 2.53. The number of aliphatic hydroxyl groups is 1. The highest BCUT2D eigenvalue weighted by atomic mass is 16.5. The molecule has 0 fully saturated rings. The maximum atomic E-state index is 10.7. The maximum Gasteiger partial charge on any atom is 0.124 e. The monoisotopic (exact) mass is 270 g/mol. The van der Waals surface area contributed by atoms with E-state index in [1.54, 1.807) is 7.11 Å². The maximum absolute atomic E-state index is 10.7. The van der Waals surface area contributed by atoms with E-state index in [4.69, 9.17) is 9.47 Å². The summed E-state index contributed by atoms with van der Waals surface area (Å²) in [6.07, 6.45) is -0.172. The zero-order valence-electron chi connectivity index (χ0n) is 11.5. The van der Waals surface area contributed by atoms with Gasteiger partial charge in [-0.15, -0.1) is 0 Å². The molecule has 0 saturated carbocycles. The zero-order valence-corrected chi connectivity index (χ0v) is 11.5. The summed E-state index contributed by atoms with van der Waals surface area (Å²) < 4.78 is 11.1. The van der Waals surface area contributed by atoms with Crippen molar-refractivity contribution >= 4 is 0 Å². The van der Waals surface area contributed by atoms with Gasteiger partial charge in [0, 0.05) is 5.56 Å². The lowest BCUT2D eigenvalue weighted by molar-refractivity contribution is -0.0490. The molecule has 0 bridgehead atoms. The van der Waals surface area contributed by atoms with Crippen LogP contribution in [0.3, 0.4) is 0 Å². The quantitative estimate of drug-likeness (QED) is 0.931. The fourth-order valence-corrected chi connectivity index (χ4v) is 2.76. The molecule has 1 N–H and O–H groups in total. The summed E-state index contributed by atoms with van der Waals surface area (Å²) in [6, 6.07) is 15.7. The van der Waals surface area contributed by atoms with Crippen LogP contribution in [0, 0.1) is 0 Å². The molecule has 0 saturated heterocycles. The first kappa shape index (κ1) is 13.2. The van der Waals surface area contributed by atoms with Crippen molar-refractivity contribution in [3.05, 3.63) is 65.2 Å². The Morgan fingerprint density at radius 1 is 1.15 bits per heavy atom. The predicted molar refractivity (Wildman–Crippen MR) is 76.8 cm³/mol. The highest BCUT2D eigenvalue weighted by molar-refractivity contribution is 5.39.